The molecule has 1 aromatic heterocycles. The number of aryl methyl sites for hydroxylation is 1. The molecule has 0 aliphatic carbocycles. The van der Waals surface area contributed by atoms with Crippen molar-refractivity contribution in [2.45, 2.75) is 32.4 Å². The number of nitrogens with one attached hydrogen (secondary N) is 1. The van der Waals surface area contributed by atoms with Crippen LogP contribution in [0.15, 0.2) is 42.6 Å². The molecule has 0 amide bonds. The van der Waals surface area contributed by atoms with E-state index in [1.54, 1.807) is 26.4 Å². The third-order valence-corrected chi connectivity index (χ3v) is 5.28. The summed E-state index contributed by atoms with van der Waals surface area (Å²) in [5.74, 6) is 2.05. The van der Waals surface area contributed by atoms with Crippen molar-refractivity contribution in [3.8, 4) is 22.8 Å². The lowest BCUT2D eigenvalue weighted by molar-refractivity contribution is 0.354. The van der Waals surface area contributed by atoms with Crippen LogP contribution in [-0.4, -0.2) is 23.8 Å². The average molecular weight is 381 g/mol. The Morgan fingerprint density at radius 3 is 2.54 bits per heavy atom. The zero-order valence-corrected chi connectivity index (χ0v) is 16.3. The molecule has 0 radical (unpaired) electrons. The minimum Gasteiger partial charge on any atom is -0.493 e. The maximum absolute atomic E-state index is 13.2. The molecule has 4 rings (SSSR count). The number of benzene rings is 2. The Hall–Kier alpha value is -3.02. The van der Waals surface area contributed by atoms with E-state index < -0.39 is 0 Å². The number of hydrogen-bond donors (Lipinski definition) is 1. The van der Waals surface area contributed by atoms with E-state index in [2.05, 4.69) is 20.9 Å². The van der Waals surface area contributed by atoms with Gasteiger partial charge in [0.25, 0.3) is 0 Å². The lowest BCUT2D eigenvalue weighted by Crippen LogP contribution is -2.12. The predicted octanol–water partition coefficient (Wildman–Crippen LogP) is 4.83. The Kier molecular flexibility index (Phi) is 4.94. The standard InChI is InChI=1S/C22H24FN3O2/c1-14(15-6-8-17(23)9-7-15)25-22-24-13-19-18-12-21(28-3)20(27-2)11-16(18)5-4-10-26(19)22/h6-9,11-14H,4-5,10H2,1-3H3,(H,24,25). The van der Waals surface area contributed by atoms with Gasteiger partial charge in [0.15, 0.2) is 11.5 Å². The molecule has 1 atom stereocenters. The smallest absolute Gasteiger partial charge is 0.203 e. The van der Waals surface area contributed by atoms with E-state index in [9.17, 15) is 4.39 Å². The molecule has 3 aromatic rings. The lowest BCUT2D eigenvalue weighted by atomic mass is 10.0. The third-order valence-electron chi connectivity index (χ3n) is 5.28. The molecule has 0 spiro atoms. The molecule has 6 heteroatoms. The van der Waals surface area contributed by atoms with Gasteiger partial charge in [-0.1, -0.05) is 12.1 Å². The van der Waals surface area contributed by atoms with E-state index in [0.717, 1.165) is 47.9 Å². The Morgan fingerprint density at radius 2 is 1.82 bits per heavy atom. The van der Waals surface area contributed by atoms with Crippen LogP contribution in [0.3, 0.4) is 0 Å². The molecule has 0 fully saturated rings. The fourth-order valence-corrected chi connectivity index (χ4v) is 3.75. The summed E-state index contributed by atoms with van der Waals surface area (Å²) in [5, 5.41) is 3.47. The molecule has 0 bridgehead atoms. The van der Waals surface area contributed by atoms with Crippen molar-refractivity contribution in [3.05, 3.63) is 59.5 Å². The van der Waals surface area contributed by atoms with E-state index >= 15 is 0 Å². The Bertz CT molecular complexity index is 982. The van der Waals surface area contributed by atoms with E-state index in [-0.39, 0.29) is 11.9 Å². The van der Waals surface area contributed by atoms with Gasteiger partial charge in [0, 0.05) is 12.1 Å². The summed E-state index contributed by atoms with van der Waals surface area (Å²) in [4.78, 5) is 4.63. The molecule has 1 N–H and O–H groups in total. The van der Waals surface area contributed by atoms with Gasteiger partial charge in [-0.3, -0.25) is 0 Å². The van der Waals surface area contributed by atoms with Crippen LogP contribution < -0.4 is 14.8 Å². The molecular weight excluding hydrogens is 357 g/mol. The van der Waals surface area contributed by atoms with Crippen molar-refractivity contribution in [1.82, 2.24) is 9.55 Å². The third kappa shape index (κ3) is 3.30. The number of anilines is 1. The van der Waals surface area contributed by atoms with Crippen molar-refractivity contribution in [2.75, 3.05) is 19.5 Å². The van der Waals surface area contributed by atoms with Gasteiger partial charge in [0.2, 0.25) is 5.95 Å². The number of methoxy groups -OCH3 is 2. The van der Waals surface area contributed by atoms with E-state index in [4.69, 9.17) is 9.47 Å². The van der Waals surface area contributed by atoms with Crippen LogP contribution in [0.25, 0.3) is 11.3 Å². The van der Waals surface area contributed by atoms with Crippen molar-refractivity contribution >= 4 is 5.95 Å². The first kappa shape index (κ1) is 18.3. The van der Waals surface area contributed by atoms with Crippen LogP contribution in [0.1, 0.15) is 30.5 Å². The first-order valence-electron chi connectivity index (χ1n) is 9.43. The van der Waals surface area contributed by atoms with Crippen LogP contribution in [0, 0.1) is 5.82 Å². The number of fused-ring (bicyclic) bond motifs is 3. The molecule has 146 valence electrons. The summed E-state index contributed by atoms with van der Waals surface area (Å²) >= 11 is 0. The summed E-state index contributed by atoms with van der Waals surface area (Å²) in [6.07, 6.45) is 3.87. The first-order valence-corrected chi connectivity index (χ1v) is 9.43. The Balaban J connectivity index is 1.68. The topological polar surface area (TPSA) is 48.3 Å². The number of hydrogen-bond acceptors (Lipinski definition) is 4. The molecule has 1 unspecified atom stereocenters. The second-order valence-electron chi connectivity index (χ2n) is 7.00. The van der Waals surface area contributed by atoms with Crippen LogP contribution in [-0.2, 0) is 13.0 Å². The van der Waals surface area contributed by atoms with E-state index in [0.29, 0.717) is 5.75 Å². The van der Waals surface area contributed by atoms with Crippen LogP contribution >= 0.6 is 0 Å². The number of halogens is 1. The average Bonchev–Trinajstić information content (AvgIpc) is 3.00. The monoisotopic (exact) mass is 381 g/mol. The number of aromatic nitrogens is 2. The van der Waals surface area contributed by atoms with Crippen LogP contribution in [0.2, 0.25) is 0 Å². The van der Waals surface area contributed by atoms with Gasteiger partial charge in [0.1, 0.15) is 5.82 Å². The summed E-state index contributed by atoms with van der Waals surface area (Å²) in [5.41, 5.74) is 4.42. The van der Waals surface area contributed by atoms with E-state index in [1.165, 1.54) is 17.7 Å². The molecule has 2 aromatic carbocycles. The largest absolute Gasteiger partial charge is 0.493 e. The maximum Gasteiger partial charge on any atom is 0.203 e. The highest BCUT2D eigenvalue weighted by molar-refractivity contribution is 5.70. The maximum atomic E-state index is 13.2. The second kappa shape index (κ2) is 7.54. The highest BCUT2D eigenvalue weighted by atomic mass is 19.1. The van der Waals surface area contributed by atoms with Gasteiger partial charge in [-0.05, 0) is 55.2 Å². The minimum absolute atomic E-state index is 0.0141. The molecule has 0 saturated carbocycles. The van der Waals surface area contributed by atoms with Gasteiger partial charge in [-0.25, -0.2) is 9.37 Å². The van der Waals surface area contributed by atoms with Crippen LogP contribution in [0.4, 0.5) is 10.3 Å². The fraction of sp³-hybridized carbons (Fsp3) is 0.318. The highest BCUT2D eigenvalue weighted by Gasteiger charge is 2.21. The van der Waals surface area contributed by atoms with Crippen molar-refractivity contribution in [3.63, 3.8) is 0 Å². The van der Waals surface area contributed by atoms with Gasteiger partial charge >= 0.3 is 0 Å². The van der Waals surface area contributed by atoms with Gasteiger partial charge in [-0.2, -0.15) is 0 Å². The summed E-state index contributed by atoms with van der Waals surface area (Å²) in [6, 6.07) is 10.7. The summed E-state index contributed by atoms with van der Waals surface area (Å²) in [7, 11) is 3.31. The number of rotatable bonds is 5. The summed E-state index contributed by atoms with van der Waals surface area (Å²) < 4.78 is 26.4. The normalized spacial score (nSPS) is 13.9. The van der Waals surface area contributed by atoms with Crippen LogP contribution in [0.5, 0.6) is 11.5 Å². The molecule has 0 saturated heterocycles. The van der Waals surface area contributed by atoms with Crippen molar-refractivity contribution in [2.24, 2.45) is 0 Å². The molecule has 2 heterocycles. The first-order chi connectivity index (χ1) is 13.6. The number of ether oxygens (including phenoxy) is 2. The Morgan fingerprint density at radius 1 is 1.11 bits per heavy atom. The van der Waals surface area contributed by atoms with Crippen molar-refractivity contribution < 1.29 is 13.9 Å². The van der Waals surface area contributed by atoms with Gasteiger partial charge in [0.05, 0.1) is 32.2 Å². The quantitative estimate of drug-likeness (QED) is 0.688. The molecular formula is C22H24FN3O2. The van der Waals surface area contributed by atoms with E-state index in [1.807, 2.05) is 19.2 Å². The molecule has 28 heavy (non-hydrogen) atoms. The molecule has 1 aliphatic rings. The zero-order chi connectivity index (χ0) is 19.7. The highest BCUT2D eigenvalue weighted by Crippen LogP contribution is 2.39. The lowest BCUT2D eigenvalue weighted by Gasteiger charge is -2.17. The fourth-order valence-electron chi connectivity index (χ4n) is 3.75. The molecule has 1 aliphatic heterocycles. The SMILES string of the molecule is COc1cc2c(cc1OC)-c1cnc(NC(C)c3ccc(F)cc3)n1CCC2. The molecule has 5 nitrogen and oxygen atoms in total. The Labute approximate surface area is 164 Å². The van der Waals surface area contributed by atoms with Crippen molar-refractivity contribution in [1.29, 1.82) is 0 Å². The predicted molar refractivity (Wildman–Crippen MR) is 108 cm³/mol. The number of nitrogens with zero attached hydrogens (tertiary/aromatic N) is 2. The zero-order valence-electron chi connectivity index (χ0n) is 16.3. The van der Waals surface area contributed by atoms with Gasteiger partial charge in [-0.15, -0.1) is 0 Å². The summed E-state index contributed by atoms with van der Waals surface area (Å²) in [6.45, 7) is 2.92. The minimum atomic E-state index is -0.230. The van der Waals surface area contributed by atoms with Gasteiger partial charge < -0.3 is 19.4 Å². The second-order valence-corrected chi connectivity index (χ2v) is 7.00. The number of imidazole rings is 1.